The average molecular weight is 309 g/mol. The fourth-order valence-corrected chi connectivity index (χ4v) is 3.41. The predicted molar refractivity (Wildman–Crippen MR) is 80.5 cm³/mol. The largest absolute Gasteiger partial charge is 0.382 e. The van der Waals surface area contributed by atoms with Crippen molar-refractivity contribution in [3.05, 3.63) is 0 Å². The fraction of sp³-hybridized carbons (Fsp3) is 1.00. The van der Waals surface area contributed by atoms with Crippen LogP contribution in [0.1, 0.15) is 33.1 Å². The third-order valence-corrected chi connectivity index (χ3v) is 4.97. The minimum atomic E-state index is 0.171. The van der Waals surface area contributed by atoms with Gasteiger partial charge in [0.25, 0.3) is 0 Å². The van der Waals surface area contributed by atoms with Gasteiger partial charge in [0.05, 0.1) is 45.7 Å². The zero-order valence-electron chi connectivity index (χ0n) is 13.0. The van der Waals surface area contributed by atoms with Crippen LogP contribution in [-0.2, 0) is 18.9 Å². The summed E-state index contributed by atoms with van der Waals surface area (Å²) in [5, 5.41) is 0.262. The van der Waals surface area contributed by atoms with Gasteiger partial charge in [0.15, 0.2) is 0 Å². The zero-order chi connectivity index (χ0) is 14.8. The Morgan fingerprint density at radius 2 is 1.50 bits per heavy atom. The second-order valence-electron chi connectivity index (χ2n) is 5.22. The molecule has 0 amide bonds. The summed E-state index contributed by atoms with van der Waals surface area (Å²) >= 11 is 6.35. The van der Waals surface area contributed by atoms with E-state index in [2.05, 4.69) is 13.8 Å². The normalized spacial score (nSPS) is 24.6. The van der Waals surface area contributed by atoms with Crippen LogP contribution in [-0.4, -0.2) is 58.2 Å². The van der Waals surface area contributed by atoms with E-state index in [1.165, 1.54) is 0 Å². The lowest BCUT2D eigenvalue weighted by molar-refractivity contribution is -0.123. The highest BCUT2D eigenvalue weighted by Crippen LogP contribution is 2.51. The van der Waals surface area contributed by atoms with Crippen molar-refractivity contribution in [2.75, 3.05) is 46.8 Å². The first-order chi connectivity index (χ1) is 9.71. The van der Waals surface area contributed by atoms with E-state index in [1.54, 1.807) is 7.11 Å². The van der Waals surface area contributed by atoms with Crippen molar-refractivity contribution < 1.29 is 18.9 Å². The summed E-state index contributed by atoms with van der Waals surface area (Å²) in [6, 6.07) is 0. The lowest BCUT2D eigenvalue weighted by Crippen LogP contribution is -2.55. The van der Waals surface area contributed by atoms with Gasteiger partial charge in [0, 0.05) is 17.9 Å². The predicted octanol–water partition coefficient (Wildman–Crippen LogP) is 2.87. The van der Waals surface area contributed by atoms with E-state index in [-0.39, 0.29) is 10.8 Å². The Hall–Kier alpha value is 0.130. The van der Waals surface area contributed by atoms with Crippen LogP contribution < -0.4 is 0 Å². The maximum atomic E-state index is 6.35. The lowest BCUT2D eigenvalue weighted by Gasteiger charge is -2.52. The number of rotatable bonds is 12. The Bertz CT molecular complexity index is 246. The molecule has 0 spiro atoms. The Kier molecular flexibility index (Phi) is 9.05. The highest BCUT2D eigenvalue weighted by atomic mass is 35.5. The van der Waals surface area contributed by atoms with Crippen LogP contribution >= 0.6 is 11.6 Å². The van der Waals surface area contributed by atoms with Gasteiger partial charge in [-0.1, -0.05) is 13.8 Å². The van der Waals surface area contributed by atoms with Crippen LogP contribution in [0.5, 0.6) is 0 Å². The minimum Gasteiger partial charge on any atom is -0.382 e. The summed E-state index contributed by atoms with van der Waals surface area (Å²) in [5.74, 6) is 0. The van der Waals surface area contributed by atoms with E-state index >= 15 is 0 Å². The summed E-state index contributed by atoms with van der Waals surface area (Å²) in [6.07, 6.45) is 3.41. The van der Waals surface area contributed by atoms with Gasteiger partial charge < -0.3 is 18.9 Å². The molecule has 4 nitrogen and oxygen atoms in total. The van der Waals surface area contributed by atoms with Crippen molar-refractivity contribution in [2.24, 2.45) is 5.41 Å². The molecule has 0 aliphatic heterocycles. The Balaban J connectivity index is 1.99. The molecule has 1 aliphatic carbocycles. The van der Waals surface area contributed by atoms with Crippen LogP contribution in [0.25, 0.3) is 0 Å². The van der Waals surface area contributed by atoms with Gasteiger partial charge in [0.1, 0.15) is 0 Å². The molecule has 1 aliphatic rings. The molecule has 2 atom stereocenters. The number of hydrogen-bond acceptors (Lipinski definition) is 4. The highest BCUT2D eigenvalue weighted by molar-refractivity contribution is 6.21. The molecule has 120 valence electrons. The Labute approximate surface area is 128 Å². The molecule has 2 unspecified atom stereocenters. The van der Waals surface area contributed by atoms with Crippen molar-refractivity contribution >= 4 is 11.6 Å². The fourth-order valence-electron chi connectivity index (χ4n) is 2.79. The van der Waals surface area contributed by atoms with Gasteiger partial charge >= 0.3 is 0 Å². The smallest absolute Gasteiger partial charge is 0.0704 e. The second kappa shape index (κ2) is 9.96. The third-order valence-electron chi connectivity index (χ3n) is 4.35. The molecule has 20 heavy (non-hydrogen) atoms. The van der Waals surface area contributed by atoms with Gasteiger partial charge in [-0.15, -0.1) is 11.6 Å². The Morgan fingerprint density at radius 3 is 2.00 bits per heavy atom. The third kappa shape index (κ3) is 4.85. The molecule has 1 rings (SSSR count). The first-order valence-electron chi connectivity index (χ1n) is 7.61. The van der Waals surface area contributed by atoms with Crippen LogP contribution in [0.2, 0.25) is 0 Å². The van der Waals surface area contributed by atoms with E-state index in [0.717, 1.165) is 19.3 Å². The zero-order valence-corrected chi connectivity index (χ0v) is 13.8. The summed E-state index contributed by atoms with van der Waals surface area (Å²) in [4.78, 5) is 0. The molecule has 0 saturated heterocycles. The van der Waals surface area contributed by atoms with Crippen molar-refractivity contribution in [3.63, 3.8) is 0 Å². The standard InChI is InChI=1S/C15H29ClO4/c1-4-15(5-2)13(16)12-14(15)20-11-10-19-9-8-18-7-6-17-3/h13-14H,4-12H2,1-3H3. The summed E-state index contributed by atoms with van der Waals surface area (Å²) < 4.78 is 21.6. The molecule has 5 heteroatoms. The maximum Gasteiger partial charge on any atom is 0.0704 e. The lowest BCUT2D eigenvalue weighted by atomic mass is 9.62. The van der Waals surface area contributed by atoms with Crippen molar-refractivity contribution in [1.82, 2.24) is 0 Å². The van der Waals surface area contributed by atoms with Crippen LogP contribution in [0.15, 0.2) is 0 Å². The summed E-state index contributed by atoms with van der Waals surface area (Å²) in [5.41, 5.74) is 0.171. The molecular weight excluding hydrogens is 280 g/mol. The van der Waals surface area contributed by atoms with Gasteiger partial charge in [-0.3, -0.25) is 0 Å². The van der Waals surface area contributed by atoms with Crippen molar-refractivity contribution in [2.45, 2.75) is 44.6 Å². The number of methoxy groups -OCH3 is 1. The maximum absolute atomic E-state index is 6.35. The molecule has 1 saturated carbocycles. The highest BCUT2D eigenvalue weighted by Gasteiger charge is 2.52. The van der Waals surface area contributed by atoms with Gasteiger partial charge in [-0.05, 0) is 19.3 Å². The molecular formula is C15H29ClO4. The summed E-state index contributed by atoms with van der Waals surface area (Å²) in [7, 11) is 1.66. The SMILES string of the molecule is CCC1(CC)C(Cl)CC1OCCOCCOCCOC. The monoisotopic (exact) mass is 308 g/mol. The molecule has 0 N–H and O–H groups in total. The minimum absolute atomic E-state index is 0.171. The van der Waals surface area contributed by atoms with E-state index in [9.17, 15) is 0 Å². The van der Waals surface area contributed by atoms with Gasteiger partial charge in [-0.2, -0.15) is 0 Å². The van der Waals surface area contributed by atoms with E-state index in [4.69, 9.17) is 30.5 Å². The molecule has 0 aromatic carbocycles. The molecule has 0 heterocycles. The summed E-state index contributed by atoms with van der Waals surface area (Å²) in [6.45, 7) is 8.08. The van der Waals surface area contributed by atoms with E-state index in [0.29, 0.717) is 45.7 Å². The first-order valence-corrected chi connectivity index (χ1v) is 8.05. The van der Waals surface area contributed by atoms with Crippen molar-refractivity contribution in [1.29, 1.82) is 0 Å². The molecule has 0 radical (unpaired) electrons. The van der Waals surface area contributed by atoms with E-state index in [1.807, 2.05) is 0 Å². The number of halogens is 1. The number of alkyl halides is 1. The van der Waals surface area contributed by atoms with E-state index < -0.39 is 0 Å². The molecule has 0 bridgehead atoms. The first kappa shape index (κ1) is 18.2. The number of ether oxygens (including phenoxy) is 4. The van der Waals surface area contributed by atoms with Crippen LogP contribution in [0.3, 0.4) is 0 Å². The topological polar surface area (TPSA) is 36.9 Å². The van der Waals surface area contributed by atoms with Crippen LogP contribution in [0.4, 0.5) is 0 Å². The molecule has 0 aromatic heterocycles. The molecule has 1 fully saturated rings. The van der Waals surface area contributed by atoms with Gasteiger partial charge in [0.2, 0.25) is 0 Å². The number of hydrogen-bond donors (Lipinski definition) is 0. The van der Waals surface area contributed by atoms with Gasteiger partial charge in [-0.25, -0.2) is 0 Å². The van der Waals surface area contributed by atoms with Crippen molar-refractivity contribution in [3.8, 4) is 0 Å². The average Bonchev–Trinajstić information content (AvgIpc) is 2.45. The second-order valence-corrected chi connectivity index (χ2v) is 5.75. The van der Waals surface area contributed by atoms with Crippen LogP contribution in [0, 0.1) is 5.41 Å². The quantitative estimate of drug-likeness (QED) is 0.410. The Morgan fingerprint density at radius 1 is 0.950 bits per heavy atom. The molecule has 0 aromatic rings.